The second-order valence-corrected chi connectivity index (χ2v) is 4.71. The monoisotopic (exact) mass is 255 g/mol. The van der Waals surface area contributed by atoms with Crippen molar-refractivity contribution in [2.24, 2.45) is 0 Å². The molecule has 74 valence electrons. The van der Waals surface area contributed by atoms with Crippen molar-refractivity contribution >= 4 is 21.9 Å². The molecule has 0 bridgehead atoms. The average Bonchev–Trinajstić information content (AvgIpc) is 2.45. The van der Waals surface area contributed by atoms with Crippen LogP contribution in [0.4, 0.5) is 0 Å². The SMILES string of the molecule is CC1(C(=O)O)CCc2cc(Br)cnc21. The lowest BCUT2D eigenvalue weighted by Gasteiger charge is -2.17. The predicted octanol–water partition coefficient (Wildman–Crippen LogP) is 2.13. The summed E-state index contributed by atoms with van der Waals surface area (Å²) < 4.78 is 0.908. The van der Waals surface area contributed by atoms with E-state index < -0.39 is 11.4 Å². The number of hydrogen-bond donors (Lipinski definition) is 1. The Kier molecular flexibility index (Phi) is 2.10. The second-order valence-electron chi connectivity index (χ2n) is 3.80. The Labute approximate surface area is 90.3 Å². The van der Waals surface area contributed by atoms with Crippen molar-refractivity contribution < 1.29 is 9.90 Å². The van der Waals surface area contributed by atoms with E-state index in [2.05, 4.69) is 20.9 Å². The Morgan fingerprint density at radius 2 is 2.43 bits per heavy atom. The number of pyridine rings is 1. The molecule has 0 saturated carbocycles. The summed E-state index contributed by atoms with van der Waals surface area (Å²) in [6.07, 6.45) is 3.09. The molecule has 1 aromatic heterocycles. The first-order valence-corrected chi connectivity index (χ1v) is 5.21. The number of carboxylic acids is 1. The molecule has 0 saturated heterocycles. The van der Waals surface area contributed by atoms with Crippen LogP contribution >= 0.6 is 15.9 Å². The molecule has 1 aliphatic rings. The van der Waals surface area contributed by atoms with Gasteiger partial charge in [0.1, 0.15) is 5.41 Å². The maximum Gasteiger partial charge on any atom is 0.315 e. The minimum absolute atomic E-state index is 0.640. The van der Waals surface area contributed by atoms with Crippen molar-refractivity contribution in [2.45, 2.75) is 25.2 Å². The van der Waals surface area contributed by atoms with Crippen molar-refractivity contribution in [2.75, 3.05) is 0 Å². The van der Waals surface area contributed by atoms with Gasteiger partial charge in [-0.3, -0.25) is 9.78 Å². The molecule has 0 fully saturated rings. The molecule has 1 atom stereocenters. The van der Waals surface area contributed by atoms with Gasteiger partial charge in [-0.15, -0.1) is 0 Å². The molecular formula is C10H10BrNO2. The maximum absolute atomic E-state index is 11.1. The summed E-state index contributed by atoms with van der Waals surface area (Å²) in [5.41, 5.74) is 0.966. The van der Waals surface area contributed by atoms with Crippen LogP contribution in [-0.2, 0) is 16.6 Å². The lowest BCUT2D eigenvalue weighted by Crippen LogP contribution is -2.30. The van der Waals surface area contributed by atoms with Gasteiger partial charge in [0.25, 0.3) is 0 Å². The number of halogens is 1. The molecular weight excluding hydrogens is 246 g/mol. The minimum Gasteiger partial charge on any atom is -0.481 e. The van der Waals surface area contributed by atoms with Crippen molar-refractivity contribution in [3.05, 3.63) is 28.0 Å². The number of carboxylic acid groups (broad SMARTS) is 1. The van der Waals surface area contributed by atoms with Gasteiger partial charge in [-0.05, 0) is 47.3 Å². The number of aryl methyl sites for hydroxylation is 1. The number of carbonyl (C=O) groups is 1. The standard InChI is InChI=1S/C10H10BrNO2/c1-10(9(13)14)3-2-6-4-7(11)5-12-8(6)10/h4-5H,2-3H2,1H3,(H,13,14). The highest BCUT2D eigenvalue weighted by atomic mass is 79.9. The first kappa shape index (κ1) is 9.65. The molecule has 1 heterocycles. The van der Waals surface area contributed by atoms with E-state index in [0.717, 1.165) is 16.5 Å². The number of nitrogens with zero attached hydrogens (tertiary/aromatic N) is 1. The third-order valence-corrected chi connectivity index (χ3v) is 3.26. The van der Waals surface area contributed by atoms with Crippen LogP contribution in [0.25, 0.3) is 0 Å². The Balaban J connectivity index is 2.55. The van der Waals surface area contributed by atoms with Gasteiger partial charge in [0, 0.05) is 10.7 Å². The third kappa shape index (κ3) is 1.25. The molecule has 0 radical (unpaired) electrons. The van der Waals surface area contributed by atoms with Gasteiger partial charge in [-0.1, -0.05) is 0 Å². The van der Waals surface area contributed by atoms with Crippen LogP contribution in [0.15, 0.2) is 16.7 Å². The van der Waals surface area contributed by atoms with Gasteiger partial charge in [-0.2, -0.15) is 0 Å². The summed E-state index contributed by atoms with van der Waals surface area (Å²) in [5, 5.41) is 9.14. The molecule has 0 aromatic carbocycles. The van der Waals surface area contributed by atoms with Crippen LogP contribution in [0.5, 0.6) is 0 Å². The van der Waals surface area contributed by atoms with Gasteiger partial charge in [0.05, 0.1) is 5.69 Å². The van der Waals surface area contributed by atoms with Crippen molar-refractivity contribution in [3.8, 4) is 0 Å². The second kappa shape index (κ2) is 3.05. The molecule has 4 heteroatoms. The molecule has 2 rings (SSSR count). The molecule has 0 amide bonds. The number of fused-ring (bicyclic) bond motifs is 1. The smallest absolute Gasteiger partial charge is 0.315 e. The first-order valence-electron chi connectivity index (χ1n) is 4.42. The van der Waals surface area contributed by atoms with Gasteiger partial charge >= 0.3 is 5.97 Å². The largest absolute Gasteiger partial charge is 0.481 e. The van der Waals surface area contributed by atoms with Gasteiger partial charge in [0.15, 0.2) is 0 Å². The van der Waals surface area contributed by atoms with E-state index in [1.54, 1.807) is 13.1 Å². The van der Waals surface area contributed by atoms with Crippen molar-refractivity contribution in [3.63, 3.8) is 0 Å². The summed E-state index contributed by atoms with van der Waals surface area (Å²) in [5.74, 6) is -0.786. The lowest BCUT2D eigenvalue weighted by molar-refractivity contribution is -0.143. The van der Waals surface area contributed by atoms with Crippen LogP contribution in [0.2, 0.25) is 0 Å². The van der Waals surface area contributed by atoms with Gasteiger partial charge < -0.3 is 5.11 Å². The zero-order chi connectivity index (χ0) is 10.3. The quantitative estimate of drug-likeness (QED) is 0.837. The molecule has 14 heavy (non-hydrogen) atoms. The Morgan fingerprint density at radius 3 is 3.07 bits per heavy atom. The van der Waals surface area contributed by atoms with E-state index in [9.17, 15) is 4.79 Å². The fourth-order valence-electron chi connectivity index (χ4n) is 1.88. The zero-order valence-corrected chi connectivity index (χ0v) is 9.34. The number of aliphatic carboxylic acids is 1. The van der Waals surface area contributed by atoms with Crippen LogP contribution in [0.1, 0.15) is 24.6 Å². The summed E-state index contributed by atoms with van der Waals surface area (Å²) in [4.78, 5) is 15.3. The van der Waals surface area contributed by atoms with E-state index in [1.807, 2.05) is 6.07 Å². The summed E-state index contributed by atoms with van der Waals surface area (Å²) in [7, 11) is 0. The van der Waals surface area contributed by atoms with E-state index in [-0.39, 0.29) is 0 Å². The van der Waals surface area contributed by atoms with Crippen LogP contribution in [0.3, 0.4) is 0 Å². The van der Waals surface area contributed by atoms with E-state index in [4.69, 9.17) is 5.11 Å². The maximum atomic E-state index is 11.1. The number of aromatic nitrogens is 1. The topological polar surface area (TPSA) is 50.2 Å². The molecule has 3 nitrogen and oxygen atoms in total. The highest BCUT2D eigenvalue weighted by Gasteiger charge is 2.42. The minimum atomic E-state index is -0.796. The molecule has 0 aliphatic heterocycles. The number of rotatable bonds is 1. The van der Waals surface area contributed by atoms with Crippen molar-refractivity contribution in [1.29, 1.82) is 0 Å². The molecule has 1 unspecified atom stereocenters. The van der Waals surface area contributed by atoms with Crippen LogP contribution in [0, 0.1) is 0 Å². The fraction of sp³-hybridized carbons (Fsp3) is 0.400. The van der Waals surface area contributed by atoms with Crippen LogP contribution < -0.4 is 0 Å². The zero-order valence-electron chi connectivity index (χ0n) is 7.75. The highest BCUT2D eigenvalue weighted by Crippen LogP contribution is 2.38. The Morgan fingerprint density at radius 1 is 1.71 bits per heavy atom. The van der Waals surface area contributed by atoms with Crippen LogP contribution in [-0.4, -0.2) is 16.1 Å². The van der Waals surface area contributed by atoms with Gasteiger partial charge in [-0.25, -0.2) is 0 Å². The van der Waals surface area contributed by atoms with Gasteiger partial charge in [0.2, 0.25) is 0 Å². The summed E-state index contributed by atoms with van der Waals surface area (Å²) in [6.45, 7) is 1.74. The summed E-state index contributed by atoms with van der Waals surface area (Å²) >= 11 is 3.33. The lowest BCUT2D eigenvalue weighted by atomic mass is 9.88. The molecule has 0 spiro atoms. The molecule has 1 aromatic rings. The normalized spacial score (nSPS) is 24.7. The van der Waals surface area contributed by atoms with E-state index in [1.165, 1.54) is 0 Å². The highest BCUT2D eigenvalue weighted by molar-refractivity contribution is 9.10. The van der Waals surface area contributed by atoms with E-state index >= 15 is 0 Å². The predicted molar refractivity (Wildman–Crippen MR) is 55.2 cm³/mol. The Bertz CT molecular complexity index is 405. The van der Waals surface area contributed by atoms with Crippen molar-refractivity contribution in [1.82, 2.24) is 4.98 Å². The first-order chi connectivity index (χ1) is 6.54. The summed E-state index contributed by atoms with van der Waals surface area (Å²) in [6, 6.07) is 1.95. The molecule has 1 aliphatic carbocycles. The van der Waals surface area contributed by atoms with E-state index in [0.29, 0.717) is 12.1 Å². The average molecular weight is 256 g/mol. The third-order valence-electron chi connectivity index (χ3n) is 2.82. The fourth-order valence-corrected chi connectivity index (χ4v) is 2.26. The Hall–Kier alpha value is -0.900. The molecule has 1 N–H and O–H groups in total. The number of hydrogen-bond acceptors (Lipinski definition) is 2.